The summed E-state index contributed by atoms with van der Waals surface area (Å²) < 4.78 is 1.75. The molecule has 0 unspecified atom stereocenters. The van der Waals surface area contributed by atoms with Gasteiger partial charge in [0.15, 0.2) is 0 Å². The van der Waals surface area contributed by atoms with E-state index in [-0.39, 0.29) is 0 Å². The molecule has 0 saturated carbocycles. The summed E-state index contributed by atoms with van der Waals surface area (Å²) in [5.74, 6) is 0. The molecule has 0 aliphatic rings. The predicted molar refractivity (Wildman–Crippen MR) is 55.7 cm³/mol. The van der Waals surface area contributed by atoms with Crippen molar-refractivity contribution >= 4 is 11.6 Å². The van der Waals surface area contributed by atoms with Crippen LogP contribution in [0.15, 0.2) is 30.9 Å². The fourth-order valence-corrected chi connectivity index (χ4v) is 1.59. The number of nitrogens with zero attached hydrogens (tertiary/aromatic N) is 3. The van der Waals surface area contributed by atoms with Gasteiger partial charge in [0.25, 0.3) is 0 Å². The first kappa shape index (κ1) is 9.21. The summed E-state index contributed by atoms with van der Waals surface area (Å²) >= 11 is 5.91. The first-order valence-corrected chi connectivity index (χ1v) is 4.82. The van der Waals surface area contributed by atoms with Crippen LogP contribution in [0.4, 0.5) is 0 Å². The maximum absolute atomic E-state index is 5.91. The zero-order chi connectivity index (χ0) is 9.97. The third-order valence-corrected chi connectivity index (χ3v) is 2.32. The lowest BCUT2D eigenvalue weighted by molar-refractivity contribution is 0.861. The number of aryl methyl sites for hydroxylation is 1. The van der Waals surface area contributed by atoms with E-state index in [1.165, 1.54) is 11.9 Å². The molecule has 0 saturated heterocycles. The summed E-state index contributed by atoms with van der Waals surface area (Å²) in [6.07, 6.45) is 4.13. The number of halogens is 1. The third-order valence-electron chi connectivity index (χ3n) is 2.09. The van der Waals surface area contributed by atoms with Crippen LogP contribution in [0.2, 0.25) is 5.02 Å². The molecule has 0 aliphatic heterocycles. The molecule has 0 bridgehead atoms. The Morgan fingerprint density at radius 3 is 2.93 bits per heavy atom. The molecule has 2 rings (SSSR count). The molecule has 0 aliphatic carbocycles. The van der Waals surface area contributed by atoms with Gasteiger partial charge in [-0.15, -0.1) is 0 Å². The van der Waals surface area contributed by atoms with Gasteiger partial charge in [0.1, 0.15) is 12.7 Å². The van der Waals surface area contributed by atoms with Crippen molar-refractivity contribution < 1.29 is 0 Å². The Bertz CT molecular complexity index is 423. The van der Waals surface area contributed by atoms with Crippen molar-refractivity contribution in [2.24, 2.45) is 0 Å². The molecule has 0 atom stereocenters. The lowest BCUT2D eigenvalue weighted by Gasteiger charge is -2.06. The molecule has 1 aromatic heterocycles. The van der Waals surface area contributed by atoms with Gasteiger partial charge in [-0.1, -0.05) is 18.5 Å². The van der Waals surface area contributed by atoms with Gasteiger partial charge in [0.05, 0.1) is 5.69 Å². The van der Waals surface area contributed by atoms with E-state index in [9.17, 15) is 0 Å². The largest absolute Gasteiger partial charge is 0.223 e. The van der Waals surface area contributed by atoms with E-state index in [4.69, 9.17) is 11.6 Å². The van der Waals surface area contributed by atoms with Crippen molar-refractivity contribution in [2.45, 2.75) is 13.3 Å². The summed E-state index contributed by atoms with van der Waals surface area (Å²) in [5.41, 5.74) is 2.21. The van der Waals surface area contributed by atoms with E-state index >= 15 is 0 Å². The number of rotatable bonds is 2. The Hall–Kier alpha value is -1.35. The third kappa shape index (κ3) is 1.63. The van der Waals surface area contributed by atoms with Gasteiger partial charge in [-0.2, -0.15) is 5.10 Å². The van der Waals surface area contributed by atoms with Crippen LogP contribution >= 0.6 is 11.6 Å². The molecule has 72 valence electrons. The van der Waals surface area contributed by atoms with Crippen LogP contribution in [0.1, 0.15) is 12.5 Å². The number of aromatic nitrogens is 3. The molecule has 0 spiro atoms. The quantitative estimate of drug-likeness (QED) is 0.758. The monoisotopic (exact) mass is 207 g/mol. The van der Waals surface area contributed by atoms with Crippen LogP contribution in [-0.2, 0) is 6.42 Å². The second-order valence-corrected chi connectivity index (χ2v) is 3.40. The van der Waals surface area contributed by atoms with Crippen molar-refractivity contribution in [2.75, 3.05) is 0 Å². The van der Waals surface area contributed by atoms with Crippen LogP contribution in [0.3, 0.4) is 0 Å². The van der Waals surface area contributed by atoms with Crippen LogP contribution in [0, 0.1) is 0 Å². The SMILES string of the molecule is CCc1cc(Cl)ccc1-n1cncn1. The Balaban J connectivity index is 2.53. The maximum atomic E-state index is 5.91. The second kappa shape index (κ2) is 3.80. The fourth-order valence-electron chi connectivity index (χ4n) is 1.39. The van der Waals surface area contributed by atoms with Crippen molar-refractivity contribution in [3.05, 3.63) is 41.4 Å². The Labute approximate surface area is 87.3 Å². The van der Waals surface area contributed by atoms with Crippen LogP contribution in [0.25, 0.3) is 5.69 Å². The minimum Gasteiger partial charge on any atom is -0.223 e. The van der Waals surface area contributed by atoms with Gasteiger partial charge in [0.2, 0.25) is 0 Å². The van der Waals surface area contributed by atoms with Gasteiger partial charge in [-0.25, -0.2) is 9.67 Å². The first-order chi connectivity index (χ1) is 6.81. The number of benzene rings is 1. The van der Waals surface area contributed by atoms with E-state index in [1.807, 2.05) is 18.2 Å². The van der Waals surface area contributed by atoms with Gasteiger partial charge in [-0.05, 0) is 30.2 Å². The van der Waals surface area contributed by atoms with Crippen molar-refractivity contribution in [3.8, 4) is 5.69 Å². The molecule has 3 nitrogen and oxygen atoms in total. The standard InChI is InChI=1S/C10H10ClN3/c1-2-8-5-9(11)3-4-10(8)14-7-12-6-13-14/h3-7H,2H2,1H3. The molecule has 0 N–H and O–H groups in total. The van der Waals surface area contributed by atoms with E-state index in [0.717, 1.165) is 17.1 Å². The van der Waals surface area contributed by atoms with Gasteiger partial charge in [0, 0.05) is 5.02 Å². The predicted octanol–water partition coefficient (Wildman–Crippen LogP) is 2.48. The van der Waals surface area contributed by atoms with Crippen molar-refractivity contribution in [1.29, 1.82) is 0 Å². The van der Waals surface area contributed by atoms with Gasteiger partial charge in [-0.3, -0.25) is 0 Å². The number of hydrogen-bond acceptors (Lipinski definition) is 2. The molecule has 0 radical (unpaired) electrons. The minimum atomic E-state index is 0.755. The average Bonchev–Trinajstić information content (AvgIpc) is 2.70. The highest BCUT2D eigenvalue weighted by molar-refractivity contribution is 6.30. The average molecular weight is 208 g/mol. The van der Waals surface area contributed by atoms with Crippen LogP contribution in [0.5, 0.6) is 0 Å². The van der Waals surface area contributed by atoms with Gasteiger partial charge >= 0.3 is 0 Å². The summed E-state index contributed by atoms with van der Waals surface area (Å²) in [5, 5.41) is 4.84. The zero-order valence-corrected chi connectivity index (χ0v) is 8.57. The van der Waals surface area contributed by atoms with E-state index in [0.29, 0.717) is 0 Å². The lowest BCUT2D eigenvalue weighted by atomic mass is 10.1. The molecular weight excluding hydrogens is 198 g/mol. The Morgan fingerprint density at radius 2 is 2.29 bits per heavy atom. The summed E-state index contributed by atoms with van der Waals surface area (Å²) in [6.45, 7) is 2.09. The summed E-state index contributed by atoms with van der Waals surface area (Å²) in [6, 6.07) is 5.77. The summed E-state index contributed by atoms with van der Waals surface area (Å²) in [4.78, 5) is 3.92. The maximum Gasteiger partial charge on any atom is 0.138 e. The first-order valence-electron chi connectivity index (χ1n) is 4.44. The van der Waals surface area contributed by atoms with E-state index in [1.54, 1.807) is 11.0 Å². The second-order valence-electron chi connectivity index (χ2n) is 2.97. The number of hydrogen-bond donors (Lipinski definition) is 0. The highest BCUT2D eigenvalue weighted by atomic mass is 35.5. The summed E-state index contributed by atoms with van der Waals surface area (Å²) in [7, 11) is 0. The van der Waals surface area contributed by atoms with Crippen molar-refractivity contribution in [1.82, 2.24) is 14.8 Å². The molecule has 1 heterocycles. The lowest BCUT2D eigenvalue weighted by Crippen LogP contribution is -1.99. The van der Waals surface area contributed by atoms with Crippen molar-refractivity contribution in [3.63, 3.8) is 0 Å². The Morgan fingerprint density at radius 1 is 1.43 bits per heavy atom. The molecule has 4 heteroatoms. The molecule has 14 heavy (non-hydrogen) atoms. The normalized spacial score (nSPS) is 10.4. The van der Waals surface area contributed by atoms with E-state index in [2.05, 4.69) is 17.0 Å². The molecule has 0 fully saturated rings. The highest BCUT2D eigenvalue weighted by Gasteiger charge is 2.03. The van der Waals surface area contributed by atoms with Crippen LogP contribution in [-0.4, -0.2) is 14.8 Å². The smallest absolute Gasteiger partial charge is 0.138 e. The zero-order valence-electron chi connectivity index (χ0n) is 7.81. The minimum absolute atomic E-state index is 0.755. The highest BCUT2D eigenvalue weighted by Crippen LogP contribution is 2.19. The van der Waals surface area contributed by atoms with Gasteiger partial charge < -0.3 is 0 Å². The van der Waals surface area contributed by atoms with Crippen LogP contribution < -0.4 is 0 Å². The fraction of sp³-hybridized carbons (Fsp3) is 0.200. The molecule has 0 amide bonds. The molecular formula is C10H10ClN3. The topological polar surface area (TPSA) is 30.7 Å². The molecule has 2 aromatic rings. The molecule has 1 aromatic carbocycles. The Kier molecular flexibility index (Phi) is 2.50. The van der Waals surface area contributed by atoms with E-state index < -0.39 is 0 Å².